The Balaban J connectivity index is 0.00000264. The molecular weight excluding hydrogens is 316 g/mol. The van der Waals surface area contributed by atoms with Crippen molar-refractivity contribution in [3.8, 4) is 0 Å². The first-order valence-corrected chi connectivity index (χ1v) is 7.71. The van der Waals surface area contributed by atoms with Crippen LogP contribution in [0.15, 0.2) is 12.1 Å². The summed E-state index contributed by atoms with van der Waals surface area (Å²) in [5.74, 6) is 0.204. The maximum atomic E-state index is 12.1. The molecule has 0 radical (unpaired) electrons. The second-order valence-electron chi connectivity index (χ2n) is 5.90. The fraction of sp³-hybridized carbons (Fsp3) is 0.529. The Labute approximate surface area is 143 Å². The number of hydrogen-bond acceptors (Lipinski definition) is 4. The van der Waals surface area contributed by atoms with Gasteiger partial charge in [-0.05, 0) is 69.0 Å². The van der Waals surface area contributed by atoms with Crippen molar-refractivity contribution < 1.29 is 14.3 Å². The molecule has 23 heavy (non-hydrogen) atoms. The molecular formula is C17H25ClN2O3. The van der Waals surface area contributed by atoms with Crippen molar-refractivity contribution in [3.05, 3.63) is 28.8 Å². The van der Waals surface area contributed by atoms with E-state index in [4.69, 9.17) is 4.74 Å². The number of carbonyl (C=O) groups is 2. The molecule has 0 bridgehead atoms. The number of ether oxygens (including phenoxy) is 1. The maximum absolute atomic E-state index is 12.1. The predicted molar refractivity (Wildman–Crippen MR) is 93.3 cm³/mol. The summed E-state index contributed by atoms with van der Waals surface area (Å²) in [4.78, 5) is 23.9. The lowest BCUT2D eigenvalue weighted by Crippen LogP contribution is -2.16. The van der Waals surface area contributed by atoms with E-state index < -0.39 is 0 Å². The van der Waals surface area contributed by atoms with E-state index in [9.17, 15) is 9.59 Å². The standard InChI is InChI=1S/C17H24N2O3.ClH/c1-11-8-14(9-15(12(11)2)17(21)22-3)19-16(20)5-4-13-6-7-18-10-13;/h8-9,13,18H,4-7,10H2,1-3H3,(H,19,20);1H. The molecule has 1 atom stereocenters. The minimum absolute atomic E-state index is 0. The van der Waals surface area contributed by atoms with Gasteiger partial charge in [-0.15, -0.1) is 12.4 Å². The average Bonchev–Trinajstić information content (AvgIpc) is 3.01. The summed E-state index contributed by atoms with van der Waals surface area (Å²) in [5.41, 5.74) is 2.98. The highest BCUT2D eigenvalue weighted by Gasteiger charge is 2.17. The first kappa shape index (κ1) is 19.5. The minimum atomic E-state index is -0.381. The number of halogens is 1. The van der Waals surface area contributed by atoms with E-state index >= 15 is 0 Å². The molecule has 0 aromatic heterocycles. The lowest BCUT2D eigenvalue weighted by Gasteiger charge is -2.12. The quantitative estimate of drug-likeness (QED) is 0.809. The molecule has 1 amide bonds. The zero-order chi connectivity index (χ0) is 16.1. The minimum Gasteiger partial charge on any atom is -0.465 e. The van der Waals surface area contributed by atoms with Crippen molar-refractivity contribution in [2.45, 2.75) is 33.1 Å². The van der Waals surface area contributed by atoms with Crippen LogP contribution in [0.5, 0.6) is 0 Å². The maximum Gasteiger partial charge on any atom is 0.338 e. The van der Waals surface area contributed by atoms with Gasteiger partial charge >= 0.3 is 5.97 Å². The topological polar surface area (TPSA) is 67.4 Å². The SMILES string of the molecule is COC(=O)c1cc(NC(=O)CCC2CCNC2)cc(C)c1C.Cl. The van der Waals surface area contributed by atoms with E-state index in [0.717, 1.165) is 37.1 Å². The van der Waals surface area contributed by atoms with Crippen LogP contribution in [-0.4, -0.2) is 32.1 Å². The molecule has 0 saturated carbocycles. The summed E-state index contributed by atoms with van der Waals surface area (Å²) in [6.07, 6.45) is 2.55. The molecule has 2 rings (SSSR count). The molecule has 6 heteroatoms. The highest BCUT2D eigenvalue weighted by molar-refractivity contribution is 5.96. The summed E-state index contributed by atoms with van der Waals surface area (Å²) < 4.78 is 4.79. The van der Waals surface area contributed by atoms with Gasteiger partial charge in [-0.25, -0.2) is 4.79 Å². The van der Waals surface area contributed by atoms with Gasteiger partial charge in [0.1, 0.15) is 0 Å². The Morgan fingerprint density at radius 3 is 2.70 bits per heavy atom. The van der Waals surface area contributed by atoms with Crippen LogP contribution >= 0.6 is 12.4 Å². The van der Waals surface area contributed by atoms with Crippen LogP contribution in [0.1, 0.15) is 40.7 Å². The van der Waals surface area contributed by atoms with E-state index in [1.54, 1.807) is 6.07 Å². The predicted octanol–water partition coefficient (Wildman–Crippen LogP) is 2.84. The Morgan fingerprint density at radius 1 is 1.35 bits per heavy atom. The Bertz CT molecular complexity index is 569. The number of rotatable bonds is 5. The normalized spacial score (nSPS) is 16.6. The van der Waals surface area contributed by atoms with Crippen molar-refractivity contribution in [1.82, 2.24) is 5.32 Å². The van der Waals surface area contributed by atoms with Crippen molar-refractivity contribution in [1.29, 1.82) is 0 Å². The summed E-state index contributed by atoms with van der Waals surface area (Å²) in [6, 6.07) is 3.57. The summed E-state index contributed by atoms with van der Waals surface area (Å²) in [7, 11) is 1.36. The van der Waals surface area contributed by atoms with Crippen LogP contribution in [0.25, 0.3) is 0 Å². The molecule has 1 aliphatic heterocycles. The van der Waals surface area contributed by atoms with Crippen molar-refractivity contribution in [3.63, 3.8) is 0 Å². The van der Waals surface area contributed by atoms with Crippen LogP contribution in [0.4, 0.5) is 5.69 Å². The number of nitrogens with one attached hydrogen (secondary N) is 2. The first-order valence-electron chi connectivity index (χ1n) is 7.71. The molecule has 1 unspecified atom stereocenters. The van der Waals surface area contributed by atoms with Crippen LogP contribution in [-0.2, 0) is 9.53 Å². The number of aryl methyl sites for hydroxylation is 1. The van der Waals surface area contributed by atoms with Gasteiger partial charge in [0, 0.05) is 12.1 Å². The molecule has 1 aliphatic rings. The van der Waals surface area contributed by atoms with E-state index in [2.05, 4.69) is 10.6 Å². The number of carbonyl (C=O) groups excluding carboxylic acids is 2. The third kappa shape index (κ3) is 5.22. The van der Waals surface area contributed by atoms with Crippen LogP contribution < -0.4 is 10.6 Å². The Hall–Kier alpha value is -1.59. The van der Waals surface area contributed by atoms with Gasteiger partial charge in [-0.2, -0.15) is 0 Å². The van der Waals surface area contributed by atoms with Gasteiger partial charge in [0.15, 0.2) is 0 Å². The third-order valence-electron chi connectivity index (χ3n) is 4.30. The highest BCUT2D eigenvalue weighted by atomic mass is 35.5. The van der Waals surface area contributed by atoms with Crippen LogP contribution in [0.3, 0.4) is 0 Å². The van der Waals surface area contributed by atoms with Gasteiger partial charge in [0.25, 0.3) is 0 Å². The van der Waals surface area contributed by atoms with Crippen molar-refractivity contribution >= 4 is 30.0 Å². The molecule has 128 valence electrons. The fourth-order valence-corrected chi connectivity index (χ4v) is 2.77. The third-order valence-corrected chi connectivity index (χ3v) is 4.30. The molecule has 1 aromatic carbocycles. The average molecular weight is 341 g/mol. The fourth-order valence-electron chi connectivity index (χ4n) is 2.77. The van der Waals surface area contributed by atoms with E-state index in [1.807, 2.05) is 19.9 Å². The van der Waals surface area contributed by atoms with Crippen molar-refractivity contribution in [2.24, 2.45) is 5.92 Å². The first-order chi connectivity index (χ1) is 10.5. The molecule has 1 fully saturated rings. The van der Waals surface area contributed by atoms with E-state index in [-0.39, 0.29) is 24.3 Å². The van der Waals surface area contributed by atoms with Crippen molar-refractivity contribution in [2.75, 3.05) is 25.5 Å². The number of amides is 1. The molecule has 1 aromatic rings. The second kappa shape index (κ2) is 8.89. The van der Waals surface area contributed by atoms with E-state index in [0.29, 0.717) is 23.6 Å². The molecule has 1 heterocycles. The van der Waals surface area contributed by atoms with Gasteiger partial charge in [0.05, 0.1) is 12.7 Å². The Kier molecular flexibility index (Phi) is 7.52. The number of esters is 1. The summed E-state index contributed by atoms with van der Waals surface area (Å²) >= 11 is 0. The number of anilines is 1. The largest absolute Gasteiger partial charge is 0.465 e. The summed E-state index contributed by atoms with van der Waals surface area (Å²) in [5, 5.41) is 6.19. The molecule has 0 aliphatic carbocycles. The lowest BCUT2D eigenvalue weighted by molar-refractivity contribution is -0.116. The van der Waals surface area contributed by atoms with Crippen LogP contribution in [0, 0.1) is 19.8 Å². The van der Waals surface area contributed by atoms with Crippen LogP contribution in [0.2, 0.25) is 0 Å². The van der Waals surface area contributed by atoms with Gasteiger partial charge in [0.2, 0.25) is 5.91 Å². The van der Waals surface area contributed by atoms with Gasteiger partial charge < -0.3 is 15.4 Å². The highest BCUT2D eigenvalue weighted by Crippen LogP contribution is 2.21. The lowest BCUT2D eigenvalue weighted by atomic mass is 10.0. The second-order valence-corrected chi connectivity index (χ2v) is 5.90. The molecule has 2 N–H and O–H groups in total. The number of methoxy groups -OCH3 is 1. The molecule has 5 nitrogen and oxygen atoms in total. The Morgan fingerprint density at radius 2 is 2.09 bits per heavy atom. The van der Waals surface area contributed by atoms with Gasteiger partial charge in [-0.1, -0.05) is 0 Å². The number of benzene rings is 1. The molecule has 1 saturated heterocycles. The van der Waals surface area contributed by atoms with Gasteiger partial charge in [-0.3, -0.25) is 4.79 Å². The smallest absolute Gasteiger partial charge is 0.338 e. The number of hydrogen-bond donors (Lipinski definition) is 2. The zero-order valence-corrected chi connectivity index (χ0v) is 14.7. The summed E-state index contributed by atoms with van der Waals surface area (Å²) in [6.45, 7) is 5.84. The van der Waals surface area contributed by atoms with E-state index in [1.165, 1.54) is 7.11 Å². The molecule has 0 spiro atoms. The zero-order valence-electron chi connectivity index (χ0n) is 13.9. The monoisotopic (exact) mass is 340 g/mol.